The first-order valence-electron chi connectivity index (χ1n) is 12.3. The number of hydrogen-bond donors (Lipinski definition) is 0. The molecular formula is C27H33NO6. The monoisotopic (exact) mass is 467 g/mol. The van der Waals surface area contributed by atoms with Crippen molar-refractivity contribution in [3.05, 3.63) is 35.4 Å². The summed E-state index contributed by atoms with van der Waals surface area (Å²) >= 11 is 0. The summed E-state index contributed by atoms with van der Waals surface area (Å²) in [6, 6.07) is 4.12. The molecule has 1 aromatic carbocycles. The van der Waals surface area contributed by atoms with E-state index in [9.17, 15) is 9.59 Å². The molecule has 5 atom stereocenters. The second kappa shape index (κ2) is 6.78. The fourth-order valence-corrected chi connectivity index (χ4v) is 7.09. The molecule has 0 N–H and O–H groups in total. The highest BCUT2D eigenvalue weighted by Gasteiger charge is 2.76. The van der Waals surface area contributed by atoms with E-state index in [2.05, 4.69) is 24.1 Å². The lowest BCUT2D eigenvalue weighted by molar-refractivity contribution is -0.186. The van der Waals surface area contributed by atoms with E-state index in [1.165, 1.54) is 11.1 Å². The van der Waals surface area contributed by atoms with Crippen LogP contribution in [0, 0.1) is 10.8 Å². The fourth-order valence-electron chi connectivity index (χ4n) is 7.09. The van der Waals surface area contributed by atoms with Gasteiger partial charge in [-0.25, -0.2) is 4.79 Å². The number of benzene rings is 1. The summed E-state index contributed by atoms with van der Waals surface area (Å²) in [7, 11) is 3.80. The van der Waals surface area contributed by atoms with Crippen LogP contribution in [0.3, 0.4) is 0 Å². The molecule has 0 radical (unpaired) electrons. The van der Waals surface area contributed by atoms with Crippen LogP contribution >= 0.6 is 0 Å². The molecule has 3 heterocycles. The van der Waals surface area contributed by atoms with Gasteiger partial charge in [-0.2, -0.15) is 0 Å². The van der Waals surface area contributed by atoms with Gasteiger partial charge in [-0.3, -0.25) is 4.79 Å². The third-order valence-electron chi connectivity index (χ3n) is 9.80. The van der Waals surface area contributed by atoms with Gasteiger partial charge in [-0.1, -0.05) is 26.0 Å². The normalized spacial score (nSPS) is 39.0. The van der Waals surface area contributed by atoms with Crippen LogP contribution in [0.5, 0.6) is 11.5 Å². The Hall–Kier alpha value is -2.54. The topological polar surface area (TPSA) is 74.3 Å². The molecule has 1 spiro atoms. The minimum absolute atomic E-state index is 0.155. The Balaban J connectivity index is 1.31. The molecule has 1 aromatic rings. The van der Waals surface area contributed by atoms with Crippen LogP contribution in [0.1, 0.15) is 57.6 Å². The fraction of sp³-hybridized carbons (Fsp3) is 0.630. The molecule has 0 aromatic heterocycles. The van der Waals surface area contributed by atoms with Crippen LogP contribution in [-0.4, -0.2) is 55.3 Å². The molecule has 1 saturated heterocycles. The number of carbonyl (C=O) groups is 2. The third-order valence-corrected chi connectivity index (χ3v) is 9.80. The summed E-state index contributed by atoms with van der Waals surface area (Å²) < 4.78 is 24.0. The average molecular weight is 468 g/mol. The Bertz CT molecular complexity index is 1130. The number of ether oxygens (including phenoxy) is 4. The molecule has 182 valence electrons. The molecule has 3 aliphatic heterocycles. The molecule has 0 amide bonds. The van der Waals surface area contributed by atoms with Gasteiger partial charge in [0.2, 0.25) is 5.60 Å². The first-order chi connectivity index (χ1) is 16.1. The Labute approximate surface area is 200 Å². The van der Waals surface area contributed by atoms with Gasteiger partial charge in [0.05, 0.1) is 17.9 Å². The van der Waals surface area contributed by atoms with Gasteiger partial charge in [0.25, 0.3) is 0 Å². The molecule has 7 nitrogen and oxygen atoms in total. The predicted molar refractivity (Wildman–Crippen MR) is 124 cm³/mol. The van der Waals surface area contributed by atoms with Gasteiger partial charge in [0, 0.05) is 23.9 Å². The minimum Gasteiger partial charge on any atom is -0.493 e. The summed E-state index contributed by atoms with van der Waals surface area (Å²) in [4.78, 5) is 28.5. The number of nitrogens with zero attached hydrogens (tertiary/aromatic N) is 1. The molecular weight excluding hydrogens is 434 g/mol. The SMILES string of the molecule is COc1ccc2c3c1O[C@@H]1C[C@@H](OC(=O)[C@]45CC[C@@](C)(C(=O)O4)C5(C)C)C=C[C@]31CCN(C)C2. The van der Waals surface area contributed by atoms with Crippen molar-refractivity contribution in [3.8, 4) is 11.5 Å². The van der Waals surface area contributed by atoms with Gasteiger partial charge < -0.3 is 23.8 Å². The van der Waals surface area contributed by atoms with Crippen molar-refractivity contribution in [1.29, 1.82) is 0 Å². The molecule has 0 unspecified atom stereocenters. The van der Waals surface area contributed by atoms with Gasteiger partial charge >= 0.3 is 11.9 Å². The average Bonchev–Trinajstić information content (AvgIpc) is 3.24. The number of hydrogen-bond acceptors (Lipinski definition) is 7. The molecule has 7 heteroatoms. The largest absolute Gasteiger partial charge is 0.493 e. The lowest BCUT2D eigenvalue weighted by Crippen LogP contribution is -2.51. The van der Waals surface area contributed by atoms with E-state index < -0.39 is 28.5 Å². The smallest absolute Gasteiger partial charge is 0.351 e. The van der Waals surface area contributed by atoms with Crippen LogP contribution in [-0.2, 0) is 31.0 Å². The lowest BCUT2D eigenvalue weighted by atomic mass is 9.66. The van der Waals surface area contributed by atoms with Gasteiger partial charge in [0.15, 0.2) is 11.5 Å². The van der Waals surface area contributed by atoms with Crippen molar-refractivity contribution in [3.63, 3.8) is 0 Å². The Morgan fingerprint density at radius 2 is 1.97 bits per heavy atom. The van der Waals surface area contributed by atoms with Crippen molar-refractivity contribution in [1.82, 2.24) is 4.90 Å². The zero-order chi connectivity index (χ0) is 24.1. The first kappa shape index (κ1) is 22.0. The van der Waals surface area contributed by atoms with Crippen LogP contribution in [0.2, 0.25) is 0 Å². The summed E-state index contributed by atoms with van der Waals surface area (Å²) in [6.45, 7) is 7.60. The van der Waals surface area contributed by atoms with Crippen molar-refractivity contribution in [2.45, 2.75) is 76.2 Å². The molecule has 34 heavy (non-hydrogen) atoms. The Kier molecular flexibility index (Phi) is 4.38. The number of methoxy groups -OCH3 is 1. The maximum Gasteiger partial charge on any atom is 0.351 e. The Morgan fingerprint density at radius 3 is 2.65 bits per heavy atom. The lowest BCUT2D eigenvalue weighted by Gasteiger charge is -2.39. The van der Waals surface area contributed by atoms with Gasteiger partial charge in [-0.15, -0.1) is 0 Å². The van der Waals surface area contributed by atoms with E-state index in [-0.39, 0.29) is 17.5 Å². The highest BCUT2D eigenvalue weighted by atomic mass is 16.6. The molecule has 6 rings (SSSR count). The van der Waals surface area contributed by atoms with E-state index in [0.717, 1.165) is 31.0 Å². The van der Waals surface area contributed by atoms with Crippen LogP contribution in [0.25, 0.3) is 0 Å². The summed E-state index contributed by atoms with van der Waals surface area (Å²) in [5.74, 6) is 0.818. The van der Waals surface area contributed by atoms with Crippen LogP contribution in [0.4, 0.5) is 0 Å². The third kappa shape index (κ3) is 2.46. The van der Waals surface area contributed by atoms with Gasteiger partial charge in [-0.05, 0) is 57.5 Å². The maximum atomic E-state index is 13.5. The molecule has 2 fully saturated rings. The number of rotatable bonds is 3. The standard InChI is InChI=1S/C27H33NO6/c1-24(2)25(3)10-11-27(24,34-22(25)29)23(30)32-17-8-9-26-12-13-28(4)15-16-6-7-18(31-5)21(20(16)26)33-19(26)14-17/h6-9,17,19H,10-15H2,1-5H3/t17-,19+,25-,26+,27-/m0/s1. The summed E-state index contributed by atoms with van der Waals surface area (Å²) in [6.07, 6.45) is 6.21. The molecule has 2 aliphatic carbocycles. The van der Waals surface area contributed by atoms with E-state index >= 15 is 0 Å². The number of fused-ring (bicyclic) bond motifs is 2. The van der Waals surface area contributed by atoms with E-state index in [0.29, 0.717) is 19.3 Å². The summed E-state index contributed by atoms with van der Waals surface area (Å²) in [5.41, 5.74) is -0.310. The maximum absolute atomic E-state index is 13.5. The minimum atomic E-state index is -1.22. The molecule has 2 bridgehead atoms. The number of esters is 2. The number of carbonyl (C=O) groups excluding carboxylic acids is 2. The van der Waals surface area contributed by atoms with Crippen molar-refractivity contribution in [2.75, 3.05) is 20.7 Å². The second-order valence-electron chi connectivity index (χ2n) is 11.5. The predicted octanol–water partition coefficient (Wildman–Crippen LogP) is 3.52. The molecule has 1 saturated carbocycles. The highest BCUT2D eigenvalue weighted by Crippen LogP contribution is 2.66. The van der Waals surface area contributed by atoms with Gasteiger partial charge in [0.1, 0.15) is 12.2 Å². The van der Waals surface area contributed by atoms with Crippen LogP contribution < -0.4 is 9.47 Å². The van der Waals surface area contributed by atoms with Crippen molar-refractivity contribution in [2.24, 2.45) is 10.8 Å². The van der Waals surface area contributed by atoms with Crippen molar-refractivity contribution >= 4 is 11.9 Å². The quantitative estimate of drug-likeness (QED) is 0.497. The second-order valence-corrected chi connectivity index (χ2v) is 11.5. The zero-order valence-electron chi connectivity index (χ0n) is 20.6. The Morgan fingerprint density at radius 1 is 1.18 bits per heavy atom. The van der Waals surface area contributed by atoms with E-state index in [1.807, 2.05) is 32.9 Å². The van der Waals surface area contributed by atoms with E-state index in [4.69, 9.17) is 18.9 Å². The molecule has 5 aliphatic rings. The highest BCUT2D eigenvalue weighted by molar-refractivity contribution is 5.93. The van der Waals surface area contributed by atoms with Crippen LogP contribution in [0.15, 0.2) is 24.3 Å². The summed E-state index contributed by atoms with van der Waals surface area (Å²) in [5, 5.41) is 0. The first-order valence-corrected chi connectivity index (χ1v) is 12.3. The zero-order valence-corrected chi connectivity index (χ0v) is 20.6. The van der Waals surface area contributed by atoms with E-state index in [1.54, 1.807) is 7.11 Å². The van der Waals surface area contributed by atoms with Crippen molar-refractivity contribution < 1.29 is 28.5 Å².